The standard InChI is InChI=1S/C34H48NOP/c1-9-10-16-21-34(8,29-23-26(32(2,3)4)22-28(31(29)36)33(5,6)7)37-30-20-15-14-17-25(30)24-35-27-18-12-11-13-19-27/h11-15,17-20,22-23,35-37H,9-10,16,21,24H2,1-8H3. The van der Waals surface area contributed by atoms with Gasteiger partial charge in [-0.05, 0) is 51.4 Å². The summed E-state index contributed by atoms with van der Waals surface area (Å²) in [5.41, 5.74) is 5.81. The van der Waals surface area contributed by atoms with Crippen molar-refractivity contribution in [3.8, 4) is 5.75 Å². The van der Waals surface area contributed by atoms with E-state index in [4.69, 9.17) is 0 Å². The van der Waals surface area contributed by atoms with E-state index in [0.717, 1.165) is 36.2 Å². The molecule has 2 nitrogen and oxygen atoms in total. The van der Waals surface area contributed by atoms with Gasteiger partial charge in [-0.15, -0.1) is 0 Å². The summed E-state index contributed by atoms with van der Waals surface area (Å²) >= 11 is 0. The maximum atomic E-state index is 11.8. The van der Waals surface area contributed by atoms with E-state index in [1.807, 2.05) is 6.07 Å². The first-order chi connectivity index (χ1) is 17.3. The van der Waals surface area contributed by atoms with Gasteiger partial charge in [0.1, 0.15) is 5.75 Å². The molecular weight excluding hydrogens is 469 g/mol. The number of unbranched alkanes of at least 4 members (excludes halogenated alkanes) is 2. The normalized spacial score (nSPS) is 14.2. The Morgan fingerprint density at radius 2 is 1.38 bits per heavy atom. The van der Waals surface area contributed by atoms with Gasteiger partial charge in [-0.25, -0.2) is 0 Å². The minimum Gasteiger partial charge on any atom is -0.507 e. The largest absolute Gasteiger partial charge is 0.507 e. The summed E-state index contributed by atoms with van der Waals surface area (Å²) in [6, 6.07) is 23.8. The molecule has 3 aromatic rings. The fraction of sp³-hybridized carbons (Fsp3) is 0.471. The van der Waals surface area contributed by atoms with E-state index in [9.17, 15) is 5.11 Å². The number of phenolic OH excluding ortho intramolecular Hbond substituents is 1. The summed E-state index contributed by atoms with van der Waals surface area (Å²) in [5.74, 6) is 0.492. The number of benzene rings is 3. The first-order valence-corrected chi connectivity index (χ1v) is 14.9. The van der Waals surface area contributed by atoms with Crippen molar-refractivity contribution < 1.29 is 5.11 Å². The Bertz CT molecular complexity index is 1160. The van der Waals surface area contributed by atoms with Crippen LogP contribution in [0.4, 0.5) is 5.69 Å². The third kappa shape index (κ3) is 7.61. The lowest BCUT2D eigenvalue weighted by Gasteiger charge is -2.36. The quantitative estimate of drug-likeness (QED) is 0.207. The minimum atomic E-state index is -0.149. The van der Waals surface area contributed by atoms with Crippen molar-refractivity contribution >= 4 is 19.6 Å². The van der Waals surface area contributed by atoms with Crippen LogP contribution in [0.15, 0.2) is 66.7 Å². The Labute approximate surface area is 228 Å². The van der Waals surface area contributed by atoms with Crippen LogP contribution in [0.25, 0.3) is 0 Å². The zero-order valence-corrected chi connectivity index (χ0v) is 25.3. The first kappa shape index (κ1) is 29.2. The average molecular weight is 518 g/mol. The highest BCUT2D eigenvalue weighted by Crippen LogP contribution is 2.51. The molecule has 200 valence electrons. The number of nitrogens with one attached hydrogen (secondary N) is 1. The molecule has 3 heteroatoms. The number of hydrogen-bond donors (Lipinski definition) is 2. The molecule has 0 bridgehead atoms. The van der Waals surface area contributed by atoms with E-state index in [1.165, 1.54) is 29.3 Å². The van der Waals surface area contributed by atoms with Crippen LogP contribution < -0.4 is 10.6 Å². The lowest BCUT2D eigenvalue weighted by atomic mass is 9.77. The van der Waals surface area contributed by atoms with E-state index in [-0.39, 0.29) is 16.0 Å². The van der Waals surface area contributed by atoms with Crippen molar-refractivity contribution in [3.05, 3.63) is 89.0 Å². The number of aromatic hydroxyl groups is 1. The van der Waals surface area contributed by atoms with Crippen molar-refractivity contribution in [2.24, 2.45) is 0 Å². The van der Waals surface area contributed by atoms with E-state index < -0.39 is 0 Å². The molecule has 0 fully saturated rings. The van der Waals surface area contributed by atoms with Gasteiger partial charge in [0.25, 0.3) is 0 Å². The molecule has 0 aliphatic carbocycles. The van der Waals surface area contributed by atoms with Gasteiger partial charge in [-0.1, -0.05) is 138 Å². The lowest BCUT2D eigenvalue weighted by molar-refractivity contribution is 0.424. The van der Waals surface area contributed by atoms with Crippen LogP contribution in [0.3, 0.4) is 0 Å². The van der Waals surface area contributed by atoms with Gasteiger partial charge in [0.05, 0.1) is 0 Å². The maximum Gasteiger partial charge on any atom is 0.123 e. The lowest BCUT2D eigenvalue weighted by Crippen LogP contribution is -2.25. The molecule has 3 rings (SSSR count). The van der Waals surface area contributed by atoms with Gasteiger partial charge in [0, 0.05) is 23.0 Å². The molecule has 0 aromatic heterocycles. The molecular formula is C34H48NOP. The average Bonchev–Trinajstić information content (AvgIpc) is 2.83. The predicted octanol–water partition coefficient (Wildman–Crippen LogP) is 9.40. The molecule has 3 aromatic carbocycles. The second-order valence-electron chi connectivity index (χ2n) is 12.7. The summed E-state index contributed by atoms with van der Waals surface area (Å²) in [5, 5.41) is 16.6. The van der Waals surface area contributed by atoms with Crippen LogP contribution in [0, 0.1) is 0 Å². The zero-order valence-electron chi connectivity index (χ0n) is 24.3. The van der Waals surface area contributed by atoms with E-state index in [2.05, 4.69) is 121 Å². The van der Waals surface area contributed by atoms with Gasteiger partial charge in [0.2, 0.25) is 0 Å². The molecule has 0 spiro atoms. The highest BCUT2D eigenvalue weighted by Gasteiger charge is 2.34. The molecule has 0 aliphatic heterocycles. The zero-order chi connectivity index (χ0) is 27.3. The Kier molecular flexibility index (Phi) is 9.52. The smallest absolute Gasteiger partial charge is 0.123 e. The number of hydrogen-bond acceptors (Lipinski definition) is 2. The highest BCUT2D eigenvalue weighted by molar-refractivity contribution is 7.48. The van der Waals surface area contributed by atoms with Gasteiger partial charge < -0.3 is 10.4 Å². The topological polar surface area (TPSA) is 32.3 Å². The number of phenols is 1. The van der Waals surface area contributed by atoms with E-state index in [0.29, 0.717) is 14.3 Å². The summed E-state index contributed by atoms with van der Waals surface area (Å²) in [4.78, 5) is 0. The van der Waals surface area contributed by atoms with Crippen LogP contribution in [0.1, 0.15) is 103 Å². The molecule has 0 saturated heterocycles. The Balaban J connectivity index is 2.08. The van der Waals surface area contributed by atoms with Crippen molar-refractivity contribution in [1.82, 2.24) is 0 Å². The Morgan fingerprint density at radius 3 is 2.00 bits per heavy atom. The fourth-order valence-electron chi connectivity index (χ4n) is 4.90. The van der Waals surface area contributed by atoms with Crippen LogP contribution in [-0.4, -0.2) is 5.11 Å². The van der Waals surface area contributed by atoms with Crippen LogP contribution in [-0.2, 0) is 22.5 Å². The molecule has 0 saturated carbocycles. The Morgan fingerprint density at radius 1 is 0.757 bits per heavy atom. The molecule has 0 amide bonds. The van der Waals surface area contributed by atoms with Crippen LogP contribution >= 0.6 is 8.58 Å². The molecule has 0 heterocycles. The van der Waals surface area contributed by atoms with Crippen molar-refractivity contribution in [2.75, 3.05) is 5.32 Å². The van der Waals surface area contributed by atoms with Gasteiger partial charge >= 0.3 is 0 Å². The summed E-state index contributed by atoms with van der Waals surface area (Å²) in [7, 11) is 0.560. The number of para-hydroxylation sites is 1. The third-order valence-electron chi connectivity index (χ3n) is 7.34. The SMILES string of the molecule is CCCCCC(C)(Pc1ccccc1CNc1ccccc1)c1cc(C(C)(C)C)cc(C(C)(C)C)c1O. The molecule has 0 aliphatic rings. The summed E-state index contributed by atoms with van der Waals surface area (Å²) in [6.07, 6.45) is 4.63. The highest BCUT2D eigenvalue weighted by atomic mass is 31.1. The van der Waals surface area contributed by atoms with E-state index >= 15 is 0 Å². The van der Waals surface area contributed by atoms with Gasteiger partial charge in [0.15, 0.2) is 0 Å². The van der Waals surface area contributed by atoms with Crippen LogP contribution in [0.5, 0.6) is 5.75 Å². The predicted molar refractivity (Wildman–Crippen MR) is 165 cm³/mol. The number of anilines is 1. The van der Waals surface area contributed by atoms with Crippen LogP contribution in [0.2, 0.25) is 0 Å². The maximum absolute atomic E-state index is 11.8. The summed E-state index contributed by atoms with van der Waals surface area (Å²) < 4.78 is 0. The molecule has 2 atom stereocenters. The monoisotopic (exact) mass is 517 g/mol. The molecule has 37 heavy (non-hydrogen) atoms. The van der Waals surface area contributed by atoms with E-state index in [1.54, 1.807) is 0 Å². The number of rotatable bonds is 10. The molecule has 0 radical (unpaired) electrons. The minimum absolute atomic E-state index is 0.00734. The first-order valence-electron chi connectivity index (χ1n) is 13.9. The molecule has 2 N–H and O–H groups in total. The Hall–Kier alpha value is -2.31. The second-order valence-corrected chi connectivity index (χ2v) is 14.6. The second kappa shape index (κ2) is 12.0. The van der Waals surface area contributed by atoms with Crippen molar-refractivity contribution in [1.29, 1.82) is 0 Å². The van der Waals surface area contributed by atoms with Crippen molar-refractivity contribution in [2.45, 2.75) is 104 Å². The van der Waals surface area contributed by atoms with Gasteiger partial charge in [-0.3, -0.25) is 0 Å². The molecule has 2 unspecified atom stereocenters. The van der Waals surface area contributed by atoms with Crippen molar-refractivity contribution in [3.63, 3.8) is 0 Å². The van der Waals surface area contributed by atoms with Gasteiger partial charge in [-0.2, -0.15) is 0 Å². The fourth-order valence-corrected chi connectivity index (χ4v) is 6.63. The third-order valence-corrected chi connectivity index (χ3v) is 9.17. The summed E-state index contributed by atoms with van der Waals surface area (Å²) in [6.45, 7) is 18.9.